The van der Waals surface area contributed by atoms with Crippen LogP contribution < -0.4 is 9.47 Å². The van der Waals surface area contributed by atoms with Crippen molar-refractivity contribution in [2.45, 2.75) is 26.2 Å². The van der Waals surface area contributed by atoms with Gasteiger partial charge in [-0.2, -0.15) is 0 Å². The molecule has 2 aliphatic rings. The van der Waals surface area contributed by atoms with Gasteiger partial charge in [-0.15, -0.1) is 0 Å². The van der Waals surface area contributed by atoms with Crippen LogP contribution in [-0.4, -0.2) is 37.4 Å². The second kappa shape index (κ2) is 5.54. The number of alkyl halides is 1. The zero-order valence-corrected chi connectivity index (χ0v) is 12.2. The molecule has 114 valence electrons. The van der Waals surface area contributed by atoms with E-state index in [0.717, 1.165) is 29.9 Å². The van der Waals surface area contributed by atoms with E-state index < -0.39 is 6.67 Å². The third-order valence-electron chi connectivity index (χ3n) is 4.29. The molecular weight excluding hydrogens is 273 g/mol. The van der Waals surface area contributed by atoms with Gasteiger partial charge in [-0.25, -0.2) is 4.39 Å². The highest BCUT2D eigenvalue weighted by Gasteiger charge is 2.35. The maximum absolute atomic E-state index is 12.6. The molecule has 1 amide bonds. The lowest BCUT2D eigenvalue weighted by Gasteiger charge is -2.40. The van der Waals surface area contributed by atoms with E-state index in [2.05, 4.69) is 6.92 Å². The first kappa shape index (κ1) is 14.2. The normalized spacial score (nSPS) is 24.5. The smallest absolute Gasteiger partial charge is 0.231 e. The van der Waals surface area contributed by atoms with E-state index in [4.69, 9.17) is 9.47 Å². The highest BCUT2D eigenvalue weighted by atomic mass is 19.1. The molecule has 0 saturated carbocycles. The van der Waals surface area contributed by atoms with Crippen LogP contribution in [0.3, 0.4) is 0 Å². The largest absolute Gasteiger partial charge is 0.454 e. The van der Waals surface area contributed by atoms with Gasteiger partial charge in [0.2, 0.25) is 12.7 Å². The Bertz CT molecular complexity index is 548. The van der Waals surface area contributed by atoms with Gasteiger partial charge in [0.25, 0.3) is 0 Å². The van der Waals surface area contributed by atoms with Crippen molar-refractivity contribution in [1.82, 2.24) is 4.90 Å². The van der Waals surface area contributed by atoms with Crippen LogP contribution in [-0.2, 0) is 11.2 Å². The quantitative estimate of drug-likeness (QED) is 0.856. The molecule has 0 radical (unpaired) electrons. The van der Waals surface area contributed by atoms with Gasteiger partial charge in [0.05, 0.1) is 0 Å². The number of carbonyl (C=O) groups is 1. The molecule has 1 fully saturated rings. The first-order chi connectivity index (χ1) is 10.1. The van der Waals surface area contributed by atoms with Gasteiger partial charge in [0.1, 0.15) is 6.67 Å². The number of likely N-dealkylation sites (tertiary alicyclic amines) is 1. The summed E-state index contributed by atoms with van der Waals surface area (Å²) in [7, 11) is 0. The lowest BCUT2D eigenvalue weighted by Crippen LogP contribution is -2.46. The molecule has 1 atom stereocenters. The SMILES string of the molecule is C[C@@]1(Cc2ccc3c(c2)OCO3)CCC(=O)N(CCF)C1. The maximum atomic E-state index is 12.6. The highest BCUT2D eigenvalue weighted by Crippen LogP contribution is 2.37. The minimum Gasteiger partial charge on any atom is -0.454 e. The van der Waals surface area contributed by atoms with E-state index >= 15 is 0 Å². The maximum Gasteiger partial charge on any atom is 0.231 e. The van der Waals surface area contributed by atoms with Gasteiger partial charge in [-0.3, -0.25) is 4.79 Å². The average molecular weight is 293 g/mol. The van der Waals surface area contributed by atoms with Gasteiger partial charge in [0, 0.05) is 19.5 Å². The fraction of sp³-hybridized carbons (Fsp3) is 0.562. The van der Waals surface area contributed by atoms with E-state index in [1.807, 2.05) is 18.2 Å². The Morgan fingerprint density at radius 1 is 1.33 bits per heavy atom. The molecule has 1 aromatic carbocycles. The van der Waals surface area contributed by atoms with Crippen molar-refractivity contribution >= 4 is 5.91 Å². The molecule has 0 spiro atoms. The number of carbonyl (C=O) groups excluding carboxylic acids is 1. The van der Waals surface area contributed by atoms with Crippen LogP contribution in [0.4, 0.5) is 4.39 Å². The summed E-state index contributed by atoms with van der Waals surface area (Å²) in [5.74, 6) is 1.63. The summed E-state index contributed by atoms with van der Waals surface area (Å²) >= 11 is 0. The molecule has 4 nitrogen and oxygen atoms in total. The van der Waals surface area contributed by atoms with Crippen molar-refractivity contribution in [2.75, 3.05) is 26.6 Å². The number of halogens is 1. The number of hydrogen-bond acceptors (Lipinski definition) is 3. The third-order valence-corrected chi connectivity index (χ3v) is 4.29. The number of benzene rings is 1. The standard InChI is InChI=1S/C16H20FNO3/c1-16(5-4-15(19)18(10-16)7-6-17)9-12-2-3-13-14(8-12)21-11-20-13/h2-3,8H,4-7,9-11H2,1H3/t16-/m0/s1. The number of piperidine rings is 1. The van der Waals surface area contributed by atoms with Crippen LogP contribution in [0.15, 0.2) is 18.2 Å². The van der Waals surface area contributed by atoms with Crippen LogP contribution in [0.1, 0.15) is 25.3 Å². The molecule has 1 saturated heterocycles. The molecule has 5 heteroatoms. The van der Waals surface area contributed by atoms with E-state index in [0.29, 0.717) is 13.0 Å². The highest BCUT2D eigenvalue weighted by molar-refractivity contribution is 5.77. The molecule has 0 unspecified atom stereocenters. The van der Waals surface area contributed by atoms with Crippen LogP contribution in [0.25, 0.3) is 0 Å². The fourth-order valence-electron chi connectivity index (χ4n) is 3.19. The van der Waals surface area contributed by atoms with Crippen LogP contribution in [0.5, 0.6) is 11.5 Å². The predicted octanol–water partition coefficient (Wildman–Crippen LogP) is 2.56. The Morgan fingerprint density at radius 3 is 2.95 bits per heavy atom. The number of fused-ring (bicyclic) bond motifs is 1. The number of rotatable bonds is 4. The Kier molecular flexibility index (Phi) is 3.74. The van der Waals surface area contributed by atoms with Gasteiger partial charge in [-0.05, 0) is 36.0 Å². The van der Waals surface area contributed by atoms with Gasteiger partial charge < -0.3 is 14.4 Å². The Balaban J connectivity index is 1.72. The van der Waals surface area contributed by atoms with E-state index in [1.54, 1.807) is 4.90 Å². The summed E-state index contributed by atoms with van der Waals surface area (Å²) in [6.07, 6.45) is 2.18. The van der Waals surface area contributed by atoms with Crippen LogP contribution in [0, 0.1) is 5.41 Å². The number of amides is 1. The first-order valence-electron chi connectivity index (χ1n) is 7.32. The zero-order chi connectivity index (χ0) is 14.9. The summed E-state index contributed by atoms with van der Waals surface area (Å²) in [6.45, 7) is 2.77. The van der Waals surface area contributed by atoms with Gasteiger partial charge in [-0.1, -0.05) is 13.0 Å². The lowest BCUT2D eigenvalue weighted by atomic mass is 9.76. The minimum atomic E-state index is -0.480. The van der Waals surface area contributed by atoms with E-state index in [1.165, 1.54) is 0 Å². The molecule has 0 N–H and O–H groups in total. The predicted molar refractivity (Wildman–Crippen MR) is 76.2 cm³/mol. The molecule has 0 bridgehead atoms. The van der Waals surface area contributed by atoms with Crippen molar-refractivity contribution in [3.8, 4) is 11.5 Å². The summed E-state index contributed by atoms with van der Waals surface area (Å²) in [6, 6.07) is 5.96. The van der Waals surface area contributed by atoms with E-state index in [9.17, 15) is 9.18 Å². The fourth-order valence-corrected chi connectivity index (χ4v) is 3.19. The van der Waals surface area contributed by atoms with Gasteiger partial charge in [0.15, 0.2) is 11.5 Å². The van der Waals surface area contributed by atoms with E-state index in [-0.39, 0.29) is 24.7 Å². The second-order valence-electron chi connectivity index (χ2n) is 6.18. The Labute approximate surface area is 123 Å². The molecule has 3 rings (SSSR count). The Hall–Kier alpha value is -1.78. The topological polar surface area (TPSA) is 38.8 Å². The van der Waals surface area contributed by atoms with Crippen molar-refractivity contribution in [1.29, 1.82) is 0 Å². The molecule has 21 heavy (non-hydrogen) atoms. The summed E-state index contributed by atoms with van der Waals surface area (Å²) < 4.78 is 23.3. The number of ether oxygens (including phenoxy) is 2. The summed E-state index contributed by atoms with van der Waals surface area (Å²) in [4.78, 5) is 13.4. The van der Waals surface area contributed by atoms with Gasteiger partial charge >= 0.3 is 0 Å². The lowest BCUT2D eigenvalue weighted by molar-refractivity contribution is -0.137. The summed E-state index contributed by atoms with van der Waals surface area (Å²) in [5.41, 5.74) is 1.15. The van der Waals surface area contributed by atoms with Crippen molar-refractivity contribution < 1.29 is 18.7 Å². The minimum absolute atomic E-state index is 0.0171. The second-order valence-corrected chi connectivity index (χ2v) is 6.18. The van der Waals surface area contributed by atoms with Crippen molar-refractivity contribution in [3.63, 3.8) is 0 Å². The van der Waals surface area contributed by atoms with Crippen LogP contribution in [0.2, 0.25) is 0 Å². The monoisotopic (exact) mass is 293 g/mol. The molecular formula is C16H20FNO3. The molecule has 0 aliphatic carbocycles. The third kappa shape index (κ3) is 2.96. The van der Waals surface area contributed by atoms with Crippen molar-refractivity contribution in [3.05, 3.63) is 23.8 Å². The number of hydrogen-bond donors (Lipinski definition) is 0. The number of nitrogens with zero attached hydrogens (tertiary/aromatic N) is 1. The zero-order valence-electron chi connectivity index (χ0n) is 12.2. The first-order valence-corrected chi connectivity index (χ1v) is 7.32. The molecule has 2 heterocycles. The van der Waals surface area contributed by atoms with Crippen molar-refractivity contribution in [2.24, 2.45) is 5.41 Å². The molecule has 2 aliphatic heterocycles. The Morgan fingerprint density at radius 2 is 2.14 bits per heavy atom. The molecule has 0 aromatic heterocycles. The van der Waals surface area contributed by atoms with Crippen LogP contribution >= 0.6 is 0 Å². The molecule has 1 aromatic rings. The summed E-state index contributed by atoms with van der Waals surface area (Å²) in [5, 5.41) is 0. The average Bonchev–Trinajstić information content (AvgIpc) is 2.91.